The molecule has 3 rings (SSSR count). The zero-order valence-corrected chi connectivity index (χ0v) is 58.9. The molecule has 15 atom stereocenters. The number of aliphatic hydroxyl groups is 9. The van der Waals surface area contributed by atoms with E-state index in [0.29, 0.717) is 57.8 Å². The number of carbonyl (C=O) groups excluding carboxylic acids is 9. The van der Waals surface area contributed by atoms with Crippen LogP contribution in [0.2, 0.25) is 0 Å². The molecule has 0 saturated carbocycles. The van der Waals surface area contributed by atoms with E-state index in [9.17, 15) is 89.1 Å². The minimum absolute atomic E-state index is 0.00518. The van der Waals surface area contributed by atoms with Crippen molar-refractivity contribution in [3.63, 3.8) is 0 Å². The Morgan fingerprint density at radius 3 is 0.832 bits per heavy atom. The number of carbonyl (C=O) groups is 9. The standard InChI is InChI=1S/C64H116N10O27/c1-39(2)74-64(36-93-30-18-49(84)68-24-12-21-65-46(81)15-6-9-27-96-61-52(71-40(3)78)58(90)55(87)43(33-75)99-61,37-94-31-19-50(85)69-25-13-22-66-47(82)16-7-10-28-97-62-53(72-41(4)79)59(91)56(88)44(34-76)100-62)38-95-32-20-51(86)70-26-14-23-67-48(83)17-8-11-29-98-63-54(73-42(5)80)60(92)57(89)45(35-77)101-63/h39,43-45,52-63,74-77,87-92H,6-38H2,1-5H3,(H,65,81)(H,66,82)(H,67,83)(H,68,84)(H,69,85)(H,70,86)(H,71,78)(H,72,79)(H,73,80)/t43?,44?,45?,52?,53?,54?,55-,56-,57-,58?,59?,60?,61-,62-,63-,64?/m1/s1. The summed E-state index contributed by atoms with van der Waals surface area (Å²) in [6.45, 7) is 7.73. The highest BCUT2D eigenvalue weighted by Crippen LogP contribution is 2.26. The summed E-state index contributed by atoms with van der Waals surface area (Å²) in [7, 11) is 0. The Hall–Kier alpha value is -5.53. The van der Waals surface area contributed by atoms with Crippen LogP contribution in [-0.4, -0.2) is 321 Å². The van der Waals surface area contributed by atoms with Crippen LogP contribution < -0.4 is 53.2 Å². The van der Waals surface area contributed by atoms with Gasteiger partial charge >= 0.3 is 0 Å². The van der Waals surface area contributed by atoms with Crippen LogP contribution in [0.3, 0.4) is 0 Å². The van der Waals surface area contributed by atoms with Crippen LogP contribution in [0.25, 0.3) is 0 Å². The van der Waals surface area contributed by atoms with Gasteiger partial charge in [-0.15, -0.1) is 0 Å². The molecule has 19 N–H and O–H groups in total. The Labute approximate surface area is 589 Å². The number of hydrogen-bond acceptors (Lipinski definition) is 28. The highest BCUT2D eigenvalue weighted by molar-refractivity contribution is 5.78. The van der Waals surface area contributed by atoms with E-state index in [1.54, 1.807) is 0 Å². The molecule has 0 aromatic heterocycles. The van der Waals surface area contributed by atoms with Crippen LogP contribution in [0.5, 0.6) is 0 Å². The lowest BCUT2D eigenvalue weighted by molar-refractivity contribution is -0.270. The lowest BCUT2D eigenvalue weighted by atomic mass is 9.97. The predicted molar refractivity (Wildman–Crippen MR) is 355 cm³/mol. The fourth-order valence-corrected chi connectivity index (χ4v) is 10.9. The van der Waals surface area contributed by atoms with Gasteiger partial charge in [0, 0.05) is 124 Å². The highest BCUT2D eigenvalue weighted by Gasteiger charge is 2.48. The Balaban J connectivity index is 1.40. The smallest absolute Gasteiger partial charge is 0.222 e. The second kappa shape index (κ2) is 50.8. The molecule has 3 heterocycles. The molecule has 3 aliphatic heterocycles. The van der Waals surface area contributed by atoms with E-state index in [4.69, 9.17) is 42.6 Å². The molecule has 9 amide bonds. The maximum absolute atomic E-state index is 12.9. The summed E-state index contributed by atoms with van der Waals surface area (Å²) in [5.74, 6) is -3.01. The SMILES string of the molecule is CC(=O)NC1C(O)[C@H](O)C(CO)O[C@H]1OCCCCC(=O)NCCCNC(=O)CCOCC(COCCC(=O)NCCCNC(=O)CCCCO[C@@H]1OC(CO)[C@@H](O)C(O)C1NC(C)=O)(COCCC(=O)NCCCNC(=O)CCCCO[C@@H]1OC(CO)[C@@H](O)C(O)C1NC(C)=O)NC(C)C. The number of aliphatic hydroxyl groups excluding tert-OH is 9. The molecule has 37 heteroatoms. The molecule has 0 aromatic carbocycles. The quantitative estimate of drug-likeness (QED) is 0.0252. The van der Waals surface area contributed by atoms with Crippen molar-refractivity contribution in [1.82, 2.24) is 53.2 Å². The van der Waals surface area contributed by atoms with E-state index in [2.05, 4.69) is 53.2 Å². The number of hydrogen-bond donors (Lipinski definition) is 19. The van der Waals surface area contributed by atoms with E-state index in [1.165, 1.54) is 20.8 Å². The van der Waals surface area contributed by atoms with Crippen LogP contribution in [-0.2, 0) is 85.8 Å². The minimum Gasteiger partial charge on any atom is -0.394 e. The van der Waals surface area contributed by atoms with Crippen molar-refractivity contribution in [2.45, 2.75) is 234 Å². The van der Waals surface area contributed by atoms with Crippen molar-refractivity contribution in [2.24, 2.45) is 0 Å². The lowest BCUT2D eigenvalue weighted by Crippen LogP contribution is -2.64. The molecule has 101 heavy (non-hydrogen) atoms. The van der Waals surface area contributed by atoms with Crippen LogP contribution in [0.4, 0.5) is 0 Å². The van der Waals surface area contributed by atoms with Crippen molar-refractivity contribution >= 4 is 53.2 Å². The third-order valence-corrected chi connectivity index (χ3v) is 16.1. The van der Waals surface area contributed by atoms with Crippen molar-refractivity contribution in [3.05, 3.63) is 0 Å². The number of amides is 9. The van der Waals surface area contributed by atoms with Gasteiger partial charge in [-0.05, 0) is 57.8 Å². The summed E-state index contributed by atoms with van der Waals surface area (Å²) in [6, 6.07) is -3.36. The average Bonchev–Trinajstić information content (AvgIpc) is 0.824. The first kappa shape index (κ1) is 89.7. The van der Waals surface area contributed by atoms with Gasteiger partial charge in [-0.1, -0.05) is 13.8 Å². The van der Waals surface area contributed by atoms with Crippen molar-refractivity contribution < 1.29 is 132 Å². The van der Waals surface area contributed by atoms with Crippen molar-refractivity contribution in [3.8, 4) is 0 Å². The molecule has 3 aliphatic rings. The van der Waals surface area contributed by atoms with E-state index in [-0.39, 0.29) is 179 Å². The third-order valence-electron chi connectivity index (χ3n) is 16.1. The largest absolute Gasteiger partial charge is 0.394 e. The first-order valence-corrected chi connectivity index (χ1v) is 34.9. The molecule has 0 aromatic rings. The molecular weight excluding hydrogens is 1340 g/mol. The molecule has 584 valence electrons. The highest BCUT2D eigenvalue weighted by atomic mass is 16.7. The second-order valence-corrected chi connectivity index (χ2v) is 25.4. The Morgan fingerprint density at radius 1 is 0.356 bits per heavy atom. The molecule has 37 nitrogen and oxygen atoms in total. The molecule has 3 fully saturated rings. The average molecular weight is 1460 g/mol. The lowest BCUT2D eigenvalue weighted by Gasteiger charge is -2.42. The van der Waals surface area contributed by atoms with Gasteiger partial charge in [0.05, 0.1) is 65.0 Å². The Bertz CT molecular complexity index is 2180. The first-order valence-electron chi connectivity index (χ1n) is 34.9. The number of ether oxygens (including phenoxy) is 9. The second-order valence-electron chi connectivity index (χ2n) is 25.4. The molecule has 0 spiro atoms. The Kier molecular flexibility index (Phi) is 45.1. The Morgan fingerprint density at radius 2 is 0.604 bits per heavy atom. The maximum Gasteiger partial charge on any atom is 0.222 e. The molecule has 9 unspecified atom stereocenters. The number of nitrogens with one attached hydrogen (secondary N) is 10. The molecule has 0 radical (unpaired) electrons. The summed E-state index contributed by atoms with van der Waals surface area (Å²) in [6.07, 6.45) is -11.0. The van der Waals surface area contributed by atoms with Crippen molar-refractivity contribution in [1.29, 1.82) is 0 Å². The van der Waals surface area contributed by atoms with E-state index in [1.807, 2.05) is 13.8 Å². The molecular formula is C64H116N10O27. The van der Waals surface area contributed by atoms with Gasteiger partial charge < -0.3 is 142 Å². The molecule has 0 aliphatic carbocycles. The summed E-state index contributed by atoms with van der Waals surface area (Å²) >= 11 is 0. The van der Waals surface area contributed by atoms with Gasteiger partial charge in [-0.25, -0.2) is 0 Å². The number of rotatable bonds is 53. The van der Waals surface area contributed by atoms with Crippen LogP contribution >= 0.6 is 0 Å². The molecule has 0 bridgehead atoms. The van der Waals surface area contributed by atoms with Crippen LogP contribution in [0, 0.1) is 0 Å². The maximum atomic E-state index is 12.9. The number of unbranched alkanes of at least 4 members (excludes halogenated alkanes) is 3. The van der Waals surface area contributed by atoms with Gasteiger partial charge in [0.2, 0.25) is 53.2 Å². The predicted octanol–water partition coefficient (Wildman–Crippen LogP) is -6.80. The van der Waals surface area contributed by atoms with E-state index >= 15 is 0 Å². The fraction of sp³-hybridized carbons (Fsp3) is 0.859. The van der Waals surface area contributed by atoms with Gasteiger partial charge in [0.25, 0.3) is 0 Å². The van der Waals surface area contributed by atoms with Gasteiger partial charge in [-0.2, -0.15) is 0 Å². The monoisotopic (exact) mass is 1460 g/mol. The first-order chi connectivity index (χ1) is 48.2. The summed E-state index contributed by atoms with van der Waals surface area (Å²) < 4.78 is 51.9. The fourth-order valence-electron chi connectivity index (χ4n) is 10.9. The van der Waals surface area contributed by atoms with Crippen LogP contribution in [0.15, 0.2) is 0 Å². The topological polar surface area (TPSA) is 539 Å². The summed E-state index contributed by atoms with van der Waals surface area (Å²) in [4.78, 5) is 111. The summed E-state index contributed by atoms with van der Waals surface area (Å²) in [5.41, 5.74) is -1.02. The molecule has 3 saturated heterocycles. The van der Waals surface area contributed by atoms with E-state index in [0.717, 1.165) is 0 Å². The normalized spacial score (nSPS) is 25.6. The zero-order valence-electron chi connectivity index (χ0n) is 58.9. The zero-order chi connectivity index (χ0) is 74.7. The van der Waals surface area contributed by atoms with Gasteiger partial charge in [0.15, 0.2) is 18.9 Å². The minimum atomic E-state index is -1.44. The third kappa shape index (κ3) is 36.2. The van der Waals surface area contributed by atoms with Gasteiger partial charge in [0.1, 0.15) is 73.1 Å². The van der Waals surface area contributed by atoms with Gasteiger partial charge in [-0.3, -0.25) is 43.2 Å². The summed E-state index contributed by atoms with van der Waals surface area (Å²) in [5, 5.41) is 118. The van der Waals surface area contributed by atoms with Crippen LogP contribution in [0.1, 0.15) is 131 Å². The van der Waals surface area contributed by atoms with Crippen molar-refractivity contribution in [2.75, 3.05) is 119 Å². The van der Waals surface area contributed by atoms with E-state index < -0.39 is 135 Å².